The van der Waals surface area contributed by atoms with Crippen molar-refractivity contribution in [3.63, 3.8) is 0 Å². The predicted molar refractivity (Wildman–Crippen MR) is 120 cm³/mol. The molecule has 8 nitrogen and oxygen atoms in total. The van der Waals surface area contributed by atoms with E-state index in [0.717, 1.165) is 44.6 Å². The van der Waals surface area contributed by atoms with Crippen molar-refractivity contribution in [3.8, 4) is 0 Å². The average molecular weight is 436 g/mol. The Morgan fingerprint density at radius 1 is 1.25 bits per heavy atom. The second-order valence-electron chi connectivity index (χ2n) is 8.67. The van der Waals surface area contributed by atoms with Crippen LogP contribution < -0.4 is 10.2 Å². The number of nitrogens with zero attached hydrogens (tertiary/aromatic N) is 5. The molecule has 1 saturated carbocycles. The average Bonchev–Trinajstić information content (AvgIpc) is 3.59. The lowest BCUT2D eigenvalue weighted by Crippen LogP contribution is -2.47. The molecule has 1 unspecified atom stereocenters. The van der Waals surface area contributed by atoms with Crippen LogP contribution in [0.25, 0.3) is 0 Å². The molecule has 0 spiro atoms. The Labute approximate surface area is 185 Å². The molecular weight excluding hydrogens is 411 g/mol. The van der Waals surface area contributed by atoms with E-state index in [1.165, 1.54) is 6.07 Å². The van der Waals surface area contributed by atoms with E-state index >= 15 is 0 Å². The minimum Gasteiger partial charge on any atom is -0.368 e. The molecule has 0 bridgehead atoms. The van der Waals surface area contributed by atoms with Gasteiger partial charge in [-0.25, -0.2) is 14.4 Å². The molecule has 1 aromatic heterocycles. The van der Waals surface area contributed by atoms with Gasteiger partial charge in [-0.3, -0.25) is 19.5 Å². The molecule has 166 valence electrons. The summed E-state index contributed by atoms with van der Waals surface area (Å²) in [7, 11) is 0. The highest BCUT2D eigenvalue weighted by Crippen LogP contribution is 2.22. The van der Waals surface area contributed by atoms with E-state index in [1.54, 1.807) is 13.1 Å². The minimum absolute atomic E-state index is 0.143. The third-order valence-electron chi connectivity index (χ3n) is 6.11. The molecular formula is C23H25FN6O2. The van der Waals surface area contributed by atoms with E-state index in [9.17, 15) is 14.0 Å². The van der Waals surface area contributed by atoms with Gasteiger partial charge >= 0.3 is 0 Å². The van der Waals surface area contributed by atoms with Crippen LogP contribution in [-0.2, 0) is 4.79 Å². The number of dihydropyridines is 2. The number of rotatable bonds is 5. The fourth-order valence-corrected chi connectivity index (χ4v) is 4.06. The van der Waals surface area contributed by atoms with Crippen molar-refractivity contribution in [2.75, 3.05) is 37.6 Å². The molecule has 1 N–H and O–H groups in total. The Bertz CT molecular complexity index is 1080. The maximum atomic E-state index is 14.5. The van der Waals surface area contributed by atoms with Crippen molar-refractivity contribution in [2.45, 2.75) is 31.8 Å². The van der Waals surface area contributed by atoms with Crippen LogP contribution in [0.1, 0.15) is 30.3 Å². The van der Waals surface area contributed by atoms with Crippen LogP contribution in [0.2, 0.25) is 0 Å². The number of piperazine rings is 1. The molecule has 0 aromatic carbocycles. The van der Waals surface area contributed by atoms with Crippen molar-refractivity contribution >= 4 is 29.4 Å². The molecule has 1 saturated heterocycles. The van der Waals surface area contributed by atoms with Crippen molar-refractivity contribution in [2.24, 2.45) is 9.98 Å². The van der Waals surface area contributed by atoms with Gasteiger partial charge in [0.2, 0.25) is 0 Å². The van der Waals surface area contributed by atoms with Gasteiger partial charge < -0.3 is 10.2 Å². The molecule has 1 aromatic rings. The summed E-state index contributed by atoms with van der Waals surface area (Å²) in [4.78, 5) is 41.0. The molecule has 4 aliphatic rings. The van der Waals surface area contributed by atoms with E-state index in [4.69, 9.17) is 0 Å². The summed E-state index contributed by atoms with van der Waals surface area (Å²) < 4.78 is 14.5. The summed E-state index contributed by atoms with van der Waals surface area (Å²) in [5.41, 5.74) is 2.89. The number of amides is 2. The highest BCUT2D eigenvalue weighted by Gasteiger charge is 2.27. The summed E-state index contributed by atoms with van der Waals surface area (Å²) >= 11 is 0. The first-order chi connectivity index (χ1) is 15.5. The normalized spacial score (nSPS) is 23.3. The van der Waals surface area contributed by atoms with Gasteiger partial charge in [0.1, 0.15) is 6.04 Å². The number of nitrogens with one attached hydrogen (secondary N) is 1. The van der Waals surface area contributed by atoms with E-state index in [0.29, 0.717) is 23.5 Å². The first-order valence-corrected chi connectivity index (χ1v) is 10.9. The van der Waals surface area contributed by atoms with Crippen LogP contribution in [0.4, 0.5) is 10.1 Å². The summed E-state index contributed by atoms with van der Waals surface area (Å²) in [5, 5.41) is 2.77. The third kappa shape index (κ3) is 4.38. The molecule has 4 heterocycles. The fourth-order valence-electron chi connectivity index (χ4n) is 4.06. The second-order valence-corrected chi connectivity index (χ2v) is 8.67. The van der Waals surface area contributed by atoms with Crippen molar-refractivity contribution in [3.05, 3.63) is 47.1 Å². The number of halogens is 1. The quantitative estimate of drug-likeness (QED) is 0.756. The second kappa shape index (κ2) is 8.38. The highest BCUT2D eigenvalue weighted by atomic mass is 19.1. The minimum atomic E-state index is -0.590. The predicted octanol–water partition coefficient (Wildman–Crippen LogP) is 1.54. The summed E-state index contributed by atoms with van der Waals surface area (Å²) in [6.07, 6.45) is 9.13. The van der Waals surface area contributed by atoms with Crippen LogP contribution in [-0.4, -0.2) is 78.4 Å². The highest BCUT2D eigenvalue weighted by molar-refractivity contribution is 6.16. The van der Waals surface area contributed by atoms with Gasteiger partial charge in [0.05, 0.1) is 17.6 Å². The Morgan fingerprint density at radius 3 is 2.75 bits per heavy atom. The first-order valence-electron chi connectivity index (χ1n) is 10.9. The van der Waals surface area contributed by atoms with Crippen molar-refractivity contribution < 1.29 is 14.0 Å². The van der Waals surface area contributed by atoms with Crippen LogP contribution in [0, 0.1) is 5.82 Å². The number of anilines is 1. The van der Waals surface area contributed by atoms with Gasteiger partial charge in [0.15, 0.2) is 11.5 Å². The van der Waals surface area contributed by atoms with E-state index in [2.05, 4.69) is 30.1 Å². The van der Waals surface area contributed by atoms with Gasteiger partial charge in [-0.1, -0.05) is 0 Å². The zero-order valence-electron chi connectivity index (χ0n) is 17.9. The van der Waals surface area contributed by atoms with Crippen LogP contribution >= 0.6 is 0 Å². The SMILES string of the molecule is CC1=CC2N=CC(CN3CCN(c4cnc(C(=O)NC5CC5)c(F)c4)CC3)=CC2=NC1=O. The smallest absolute Gasteiger partial charge is 0.273 e. The zero-order chi connectivity index (χ0) is 22.2. The number of carbonyl (C=O) groups is 2. The maximum absolute atomic E-state index is 14.5. The van der Waals surface area contributed by atoms with E-state index in [-0.39, 0.29) is 23.7 Å². The van der Waals surface area contributed by atoms with Crippen LogP contribution in [0.5, 0.6) is 0 Å². The monoisotopic (exact) mass is 436 g/mol. The van der Waals surface area contributed by atoms with Gasteiger partial charge in [-0.05, 0) is 37.5 Å². The first kappa shape index (κ1) is 20.7. The van der Waals surface area contributed by atoms with Crippen LogP contribution in [0.15, 0.2) is 45.5 Å². The zero-order valence-corrected chi connectivity index (χ0v) is 17.9. The molecule has 1 aliphatic carbocycles. The molecule has 32 heavy (non-hydrogen) atoms. The van der Waals surface area contributed by atoms with Gasteiger partial charge in [0, 0.05) is 56.6 Å². The van der Waals surface area contributed by atoms with Crippen molar-refractivity contribution in [1.82, 2.24) is 15.2 Å². The summed E-state index contributed by atoms with van der Waals surface area (Å²) in [5.74, 6) is -1.23. The number of aliphatic imine (C=N–C) groups is 2. The van der Waals surface area contributed by atoms with Gasteiger partial charge in [-0.2, -0.15) is 0 Å². The fraction of sp³-hybridized carbons (Fsp3) is 0.435. The summed E-state index contributed by atoms with van der Waals surface area (Å²) in [6, 6.07) is 1.40. The Morgan fingerprint density at radius 2 is 2.03 bits per heavy atom. The topological polar surface area (TPSA) is 90.3 Å². The largest absolute Gasteiger partial charge is 0.368 e. The molecule has 9 heteroatoms. The van der Waals surface area contributed by atoms with Gasteiger partial charge in [0.25, 0.3) is 11.8 Å². The molecule has 2 amide bonds. The maximum Gasteiger partial charge on any atom is 0.273 e. The molecule has 1 atom stereocenters. The molecule has 0 radical (unpaired) electrons. The molecule has 5 rings (SSSR count). The number of pyridine rings is 1. The van der Waals surface area contributed by atoms with E-state index in [1.807, 2.05) is 18.4 Å². The molecule has 2 fully saturated rings. The number of carbonyl (C=O) groups excluding carboxylic acids is 2. The number of hydrogen-bond donors (Lipinski definition) is 1. The Kier molecular flexibility index (Phi) is 5.42. The standard InChI is InChI=1S/C23H25FN6O2/c1-14-8-19-20(28-22(14)31)9-15(11-25-19)13-29-4-6-30(7-5-29)17-10-18(24)21(26-12-17)23(32)27-16-2-3-16/h8-12,16,19H,2-7,13H2,1H3,(H,27,32). The lowest BCUT2D eigenvalue weighted by Gasteiger charge is -2.36. The van der Waals surface area contributed by atoms with Crippen LogP contribution in [0.3, 0.4) is 0 Å². The Balaban J connectivity index is 1.17. The third-order valence-corrected chi connectivity index (χ3v) is 6.11. The van der Waals surface area contributed by atoms with E-state index < -0.39 is 11.7 Å². The van der Waals surface area contributed by atoms with Crippen molar-refractivity contribution in [1.29, 1.82) is 0 Å². The number of aromatic nitrogens is 1. The summed E-state index contributed by atoms with van der Waals surface area (Å²) in [6.45, 7) is 5.52. The number of fused-ring (bicyclic) bond motifs is 1. The lowest BCUT2D eigenvalue weighted by atomic mass is 10.00. The lowest BCUT2D eigenvalue weighted by molar-refractivity contribution is -0.114. The number of hydrogen-bond acceptors (Lipinski definition) is 6. The Hall–Kier alpha value is -3.20. The molecule has 3 aliphatic heterocycles. The van der Waals surface area contributed by atoms with Gasteiger partial charge in [-0.15, -0.1) is 0 Å².